The third-order valence-electron chi connectivity index (χ3n) is 4.97. The molecule has 0 aromatic carbocycles. The number of nitrogens with zero attached hydrogens (tertiary/aromatic N) is 2. The summed E-state index contributed by atoms with van der Waals surface area (Å²) in [5, 5.41) is 15.2. The van der Waals surface area contributed by atoms with Crippen LogP contribution in [0.15, 0.2) is 5.16 Å². The number of hydrogen-bond acceptors (Lipinski definition) is 6. The van der Waals surface area contributed by atoms with E-state index in [1.54, 1.807) is 6.92 Å². The molecule has 0 spiro atoms. The van der Waals surface area contributed by atoms with Crippen molar-refractivity contribution >= 4 is 31.6 Å². The van der Waals surface area contributed by atoms with Gasteiger partial charge in [-0.1, -0.05) is 20.8 Å². The Bertz CT molecular complexity index is 533. The highest BCUT2D eigenvalue weighted by Gasteiger charge is 2.42. The molecular formula is C16H29ClN2O5Si. The zero-order chi connectivity index (χ0) is 19.4. The van der Waals surface area contributed by atoms with E-state index in [2.05, 4.69) is 39.0 Å². The molecule has 0 aliphatic heterocycles. The Labute approximate surface area is 155 Å². The summed E-state index contributed by atoms with van der Waals surface area (Å²) in [6, 6.07) is -1.35. The normalized spacial score (nSPS) is 24.2. The maximum absolute atomic E-state index is 11.8. The average molecular weight is 393 g/mol. The Morgan fingerprint density at radius 3 is 2.56 bits per heavy atom. The first kappa shape index (κ1) is 21.9. The van der Waals surface area contributed by atoms with Crippen LogP contribution in [0.4, 0.5) is 0 Å². The largest absolute Gasteiger partial charge is 0.461 e. The molecule has 1 fully saturated rings. The standard InChI is InChI=1S/C16H29ClN2O5Si/c1-7-23-15(20)14(19(21)22)10-11-8-12(17)13(9-11)18-24-25(5,6)16(2,3)4/h11-12,14H,7-10H2,1-6H3/b18-13+. The van der Waals surface area contributed by atoms with Gasteiger partial charge in [0, 0.05) is 11.3 Å². The van der Waals surface area contributed by atoms with E-state index in [1.165, 1.54) is 0 Å². The zero-order valence-electron chi connectivity index (χ0n) is 15.9. The highest BCUT2D eigenvalue weighted by atomic mass is 35.5. The molecule has 1 aliphatic carbocycles. The number of oxime groups is 1. The third-order valence-corrected chi connectivity index (χ3v) is 9.56. The summed E-state index contributed by atoms with van der Waals surface area (Å²) < 4.78 is 10.6. The molecule has 3 atom stereocenters. The topological polar surface area (TPSA) is 91.0 Å². The second-order valence-corrected chi connectivity index (χ2v) is 13.2. The number of esters is 1. The molecule has 1 saturated carbocycles. The predicted octanol–water partition coefficient (Wildman–Crippen LogP) is 3.98. The lowest BCUT2D eigenvalue weighted by Gasteiger charge is -2.33. The lowest BCUT2D eigenvalue weighted by Crippen LogP contribution is -2.39. The van der Waals surface area contributed by atoms with Gasteiger partial charge in [-0.05, 0) is 43.8 Å². The van der Waals surface area contributed by atoms with Gasteiger partial charge in [0.15, 0.2) is 0 Å². The number of rotatable bonds is 7. The second kappa shape index (κ2) is 8.49. The summed E-state index contributed by atoms with van der Waals surface area (Å²) in [7, 11) is -2.03. The van der Waals surface area contributed by atoms with Crippen molar-refractivity contribution in [3.05, 3.63) is 10.1 Å². The number of hydrogen-bond donors (Lipinski definition) is 0. The van der Waals surface area contributed by atoms with Crippen LogP contribution in [0.3, 0.4) is 0 Å². The first-order valence-corrected chi connectivity index (χ1v) is 11.9. The summed E-state index contributed by atoms with van der Waals surface area (Å²) in [6.45, 7) is 12.3. The summed E-state index contributed by atoms with van der Waals surface area (Å²) in [5.41, 5.74) is 0.711. The van der Waals surface area contributed by atoms with E-state index >= 15 is 0 Å². The highest BCUT2D eigenvalue weighted by Crippen LogP contribution is 2.38. The first-order chi connectivity index (χ1) is 11.4. The van der Waals surface area contributed by atoms with E-state index < -0.39 is 25.3 Å². The van der Waals surface area contributed by atoms with Crippen molar-refractivity contribution in [3.63, 3.8) is 0 Å². The molecule has 0 amide bonds. The summed E-state index contributed by atoms with van der Waals surface area (Å²) in [6.07, 6.45) is 1.16. The Kier molecular flexibility index (Phi) is 7.43. The quantitative estimate of drug-likeness (QED) is 0.215. The third kappa shape index (κ3) is 5.95. The molecule has 7 nitrogen and oxygen atoms in total. The number of ether oxygens (including phenoxy) is 1. The van der Waals surface area contributed by atoms with Crippen molar-refractivity contribution in [2.45, 2.75) is 76.5 Å². The summed E-state index contributed by atoms with van der Waals surface area (Å²) in [4.78, 5) is 22.3. The van der Waals surface area contributed by atoms with Crippen molar-refractivity contribution in [1.82, 2.24) is 0 Å². The predicted molar refractivity (Wildman–Crippen MR) is 100 cm³/mol. The van der Waals surface area contributed by atoms with Crippen molar-refractivity contribution in [2.24, 2.45) is 11.1 Å². The van der Waals surface area contributed by atoms with Crippen LogP contribution in [-0.4, -0.2) is 42.9 Å². The van der Waals surface area contributed by atoms with Gasteiger partial charge in [0.1, 0.15) is 0 Å². The van der Waals surface area contributed by atoms with Gasteiger partial charge in [0.2, 0.25) is 0 Å². The highest BCUT2D eigenvalue weighted by molar-refractivity contribution is 6.74. The van der Waals surface area contributed by atoms with Crippen LogP contribution in [0, 0.1) is 16.0 Å². The number of alkyl halides is 1. The van der Waals surface area contributed by atoms with Gasteiger partial charge >= 0.3 is 12.0 Å². The second-order valence-electron chi connectivity index (χ2n) is 8.00. The van der Waals surface area contributed by atoms with Gasteiger partial charge < -0.3 is 9.26 Å². The molecule has 1 aliphatic rings. The zero-order valence-corrected chi connectivity index (χ0v) is 17.6. The van der Waals surface area contributed by atoms with Crippen LogP contribution in [-0.2, 0) is 14.1 Å². The van der Waals surface area contributed by atoms with Crippen LogP contribution >= 0.6 is 11.6 Å². The Morgan fingerprint density at radius 1 is 1.48 bits per heavy atom. The Hall–Kier alpha value is -1.15. The van der Waals surface area contributed by atoms with Gasteiger partial charge in [-0.15, -0.1) is 16.8 Å². The summed E-state index contributed by atoms with van der Waals surface area (Å²) >= 11 is 6.34. The lowest BCUT2D eigenvalue weighted by atomic mass is 9.99. The molecule has 0 saturated heterocycles. The smallest absolute Gasteiger partial charge is 0.381 e. The lowest BCUT2D eigenvalue weighted by molar-refractivity contribution is -0.512. The average Bonchev–Trinajstić information content (AvgIpc) is 2.81. The van der Waals surface area contributed by atoms with Crippen molar-refractivity contribution in [3.8, 4) is 0 Å². The minimum absolute atomic E-state index is 0.0253. The molecule has 25 heavy (non-hydrogen) atoms. The van der Waals surface area contributed by atoms with Crippen molar-refractivity contribution in [2.75, 3.05) is 6.61 Å². The van der Waals surface area contributed by atoms with E-state index in [0.717, 1.165) is 0 Å². The van der Waals surface area contributed by atoms with Crippen LogP contribution in [0.2, 0.25) is 18.1 Å². The van der Waals surface area contributed by atoms with Gasteiger partial charge in [0.25, 0.3) is 8.32 Å². The Balaban J connectivity index is 2.75. The first-order valence-electron chi connectivity index (χ1n) is 8.58. The fourth-order valence-electron chi connectivity index (χ4n) is 2.34. The maximum atomic E-state index is 11.8. The van der Waals surface area contributed by atoms with Crippen LogP contribution in [0.5, 0.6) is 0 Å². The minimum atomic E-state index is -2.03. The van der Waals surface area contributed by atoms with Crippen LogP contribution < -0.4 is 0 Å². The molecule has 3 unspecified atom stereocenters. The SMILES string of the molecule is CCOC(=O)C(CC1C/C(=N\O[Si](C)(C)C(C)(C)C)C(Cl)C1)[N+](=O)[O-]. The van der Waals surface area contributed by atoms with Crippen LogP contribution in [0.25, 0.3) is 0 Å². The van der Waals surface area contributed by atoms with E-state index in [4.69, 9.17) is 20.9 Å². The molecular weight excluding hydrogens is 364 g/mol. The van der Waals surface area contributed by atoms with Crippen LogP contribution in [0.1, 0.15) is 47.0 Å². The number of nitro groups is 1. The van der Waals surface area contributed by atoms with Gasteiger partial charge in [-0.25, -0.2) is 4.79 Å². The molecule has 144 valence electrons. The fraction of sp³-hybridized carbons (Fsp3) is 0.875. The van der Waals surface area contributed by atoms with Crippen molar-refractivity contribution < 1.29 is 19.0 Å². The van der Waals surface area contributed by atoms with E-state index in [1.807, 2.05) is 0 Å². The van der Waals surface area contributed by atoms with E-state index in [0.29, 0.717) is 18.6 Å². The minimum Gasteiger partial charge on any atom is -0.461 e. The molecule has 0 aromatic heterocycles. The van der Waals surface area contributed by atoms with E-state index in [-0.39, 0.29) is 29.4 Å². The van der Waals surface area contributed by atoms with Crippen molar-refractivity contribution in [1.29, 1.82) is 0 Å². The summed E-state index contributed by atoms with van der Waals surface area (Å²) in [5.74, 6) is -0.870. The van der Waals surface area contributed by atoms with Gasteiger partial charge in [-0.2, -0.15) is 0 Å². The molecule has 0 radical (unpaired) electrons. The molecule has 1 rings (SSSR count). The molecule has 9 heteroatoms. The number of halogens is 1. The monoisotopic (exact) mass is 392 g/mol. The molecule has 0 heterocycles. The van der Waals surface area contributed by atoms with E-state index in [9.17, 15) is 14.9 Å². The molecule has 0 bridgehead atoms. The Morgan fingerprint density at radius 2 is 2.08 bits per heavy atom. The number of carbonyl (C=O) groups excluding carboxylic acids is 1. The number of carbonyl (C=O) groups is 1. The van der Waals surface area contributed by atoms with Gasteiger partial charge in [-0.3, -0.25) is 10.1 Å². The maximum Gasteiger partial charge on any atom is 0.381 e. The molecule has 0 aromatic rings. The van der Waals surface area contributed by atoms with Gasteiger partial charge in [0.05, 0.1) is 17.7 Å². The fourth-order valence-corrected chi connectivity index (χ4v) is 3.34. The molecule has 0 N–H and O–H groups in total.